The van der Waals surface area contributed by atoms with E-state index in [4.69, 9.17) is 4.74 Å². The van der Waals surface area contributed by atoms with Crippen LogP contribution >= 0.6 is 0 Å². The van der Waals surface area contributed by atoms with Crippen LogP contribution in [0, 0.1) is 23.3 Å². The van der Waals surface area contributed by atoms with Gasteiger partial charge in [-0.2, -0.15) is 0 Å². The van der Waals surface area contributed by atoms with Gasteiger partial charge in [0.05, 0.1) is 6.61 Å². The summed E-state index contributed by atoms with van der Waals surface area (Å²) < 4.78 is 58.7. The van der Waals surface area contributed by atoms with Gasteiger partial charge in [0.25, 0.3) is 0 Å². The number of esters is 1. The molecule has 0 saturated heterocycles. The summed E-state index contributed by atoms with van der Waals surface area (Å²) in [7, 11) is 0. The van der Waals surface area contributed by atoms with Crippen molar-refractivity contribution in [3.05, 3.63) is 59.3 Å². The first kappa shape index (κ1) is 16.0. The van der Waals surface area contributed by atoms with Crippen LogP contribution in [-0.2, 0) is 4.74 Å². The molecule has 7 heteroatoms. The fourth-order valence-electron chi connectivity index (χ4n) is 2.50. The zero-order valence-electron chi connectivity index (χ0n) is 12.4. The first-order valence-corrected chi connectivity index (χ1v) is 7.05. The molecule has 3 rings (SSSR count). The average molecular weight is 337 g/mol. The molecule has 0 amide bonds. The number of benzene rings is 2. The molecule has 124 valence electrons. The summed E-state index contributed by atoms with van der Waals surface area (Å²) >= 11 is 0. The van der Waals surface area contributed by atoms with Gasteiger partial charge < -0.3 is 9.72 Å². The Morgan fingerprint density at radius 1 is 1.00 bits per heavy atom. The summed E-state index contributed by atoms with van der Waals surface area (Å²) in [5.41, 5.74) is 0.287. The third kappa shape index (κ3) is 2.62. The van der Waals surface area contributed by atoms with Gasteiger partial charge in [-0.3, -0.25) is 0 Å². The van der Waals surface area contributed by atoms with Crippen molar-refractivity contribution in [2.45, 2.75) is 6.92 Å². The Labute approximate surface area is 133 Å². The number of ether oxygens (including phenoxy) is 1. The minimum atomic E-state index is -1.13. The molecule has 0 saturated carbocycles. The second-order valence-electron chi connectivity index (χ2n) is 5.04. The van der Waals surface area contributed by atoms with Crippen LogP contribution in [0.3, 0.4) is 0 Å². The van der Waals surface area contributed by atoms with Gasteiger partial charge in [0.1, 0.15) is 5.69 Å². The fraction of sp³-hybridized carbons (Fsp3) is 0.118. The molecule has 1 aromatic heterocycles. The maximum atomic E-state index is 13.6. The number of hydrogen-bond donors (Lipinski definition) is 1. The molecule has 0 aliphatic rings. The zero-order chi connectivity index (χ0) is 17.4. The maximum absolute atomic E-state index is 13.6. The van der Waals surface area contributed by atoms with E-state index in [1.54, 1.807) is 6.92 Å². The van der Waals surface area contributed by atoms with Gasteiger partial charge in [-0.1, -0.05) is 6.07 Å². The highest BCUT2D eigenvalue weighted by atomic mass is 19.2. The van der Waals surface area contributed by atoms with Crippen LogP contribution in [0.25, 0.3) is 22.0 Å². The Morgan fingerprint density at radius 2 is 1.67 bits per heavy atom. The van der Waals surface area contributed by atoms with Crippen molar-refractivity contribution in [2.24, 2.45) is 0 Å². The number of hydrogen-bond acceptors (Lipinski definition) is 2. The van der Waals surface area contributed by atoms with E-state index in [0.717, 1.165) is 24.3 Å². The molecule has 0 aliphatic heterocycles. The Hall–Kier alpha value is -2.83. The van der Waals surface area contributed by atoms with Crippen LogP contribution in [0.15, 0.2) is 30.3 Å². The van der Waals surface area contributed by atoms with Crippen molar-refractivity contribution in [3.63, 3.8) is 0 Å². The lowest BCUT2D eigenvalue weighted by atomic mass is 10.0. The molecule has 0 radical (unpaired) electrons. The number of carbonyl (C=O) groups is 1. The molecule has 3 aromatic rings. The normalized spacial score (nSPS) is 11.0. The second kappa shape index (κ2) is 5.99. The first-order chi connectivity index (χ1) is 11.4. The number of nitrogens with one attached hydrogen (secondary N) is 1. The summed E-state index contributed by atoms with van der Waals surface area (Å²) in [5, 5.41) is 0.156. The Morgan fingerprint density at radius 3 is 2.33 bits per heavy atom. The molecule has 2 aromatic carbocycles. The van der Waals surface area contributed by atoms with Crippen molar-refractivity contribution in [1.29, 1.82) is 0 Å². The SMILES string of the molecule is CCOC(=O)c1[nH]c2cc(F)c(F)cc2c1-c1ccc(F)c(F)c1. The lowest BCUT2D eigenvalue weighted by molar-refractivity contribution is 0.0521. The highest BCUT2D eigenvalue weighted by molar-refractivity contribution is 6.08. The Kier molecular flexibility index (Phi) is 4.01. The molecule has 3 nitrogen and oxygen atoms in total. The average Bonchev–Trinajstić information content (AvgIpc) is 2.89. The number of fused-ring (bicyclic) bond motifs is 1. The van der Waals surface area contributed by atoms with E-state index in [1.807, 2.05) is 0 Å². The number of halogens is 4. The van der Waals surface area contributed by atoms with Gasteiger partial charge in [-0.25, -0.2) is 22.4 Å². The van der Waals surface area contributed by atoms with Crippen molar-refractivity contribution < 1.29 is 27.1 Å². The first-order valence-electron chi connectivity index (χ1n) is 7.05. The van der Waals surface area contributed by atoms with E-state index in [9.17, 15) is 22.4 Å². The number of aromatic nitrogens is 1. The molecule has 1 heterocycles. The third-order valence-electron chi connectivity index (χ3n) is 3.53. The monoisotopic (exact) mass is 337 g/mol. The molecule has 0 bridgehead atoms. The molecule has 0 fully saturated rings. The van der Waals surface area contributed by atoms with E-state index in [1.165, 1.54) is 6.07 Å². The van der Waals surface area contributed by atoms with Crippen LogP contribution < -0.4 is 0 Å². The van der Waals surface area contributed by atoms with Crippen LogP contribution in [-0.4, -0.2) is 17.6 Å². The van der Waals surface area contributed by atoms with Gasteiger partial charge in [0.2, 0.25) is 0 Å². The predicted molar refractivity (Wildman–Crippen MR) is 79.5 cm³/mol. The number of aromatic amines is 1. The number of carbonyl (C=O) groups excluding carboxylic acids is 1. The summed E-state index contributed by atoms with van der Waals surface area (Å²) in [6, 6.07) is 4.78. The van der Waals surface area contributed by atoms with E-state index < -0.39 is 29.2 Å². The molecule has 0 unspecified atom stereocenters. The van der Waals surface area contributed by atoms with Gasteiger partial charge in [0.15, 0.2) is 23.3 Å². The maximum Gasteiger partial charge on any atom is 0.355 e. The molecule has 0 aliphatic carbocycles. The van der Waals surface area contributed by atoms with Gasteiger partial charge in [-0.15, -0.1) is 0 Å². The van der Waals surface area contributed by atoms with Crippen LogP contribution in [0.4, 0.5) is 17.6 Å². The van der Waals surface area contributed by atoms with E-state index in [-0.39, 0.29) is 34.3 Å². The van der Waals surface area contributed by atoms with Crippen LogP contribution in [0.1, 0.15) is 17.4 Å². The Balaban J connectivity index is 2.33. The summed E-state index contributed by atoms with van der Waals surface area (Å²) in [6.07, 6.45) is 0. The smallest absolute Gasteiger partial charge is 0.355 e. The van der Waals surface area contributed by atoms with Crippen molar-refractivity contribution >= 4 is 16.9 Å². The van der Waals surface area contributed by atoms with Crippen molar-refractivity contribution in [1.82, 2.24) is 4.98 Å². The van der Waals surface area contributed by atoms with Gasteiger partial charge >= 0.3 is 5.97 Å². The van der Waals surface area contributed by atoms with Gasteiger partial charge in [-0.05, 0) is 30.7 Å². The topological polar surface area (TPSA) is 42.1 Å². The van der Waals surface area contributed by atoms with E-state index >= 15 is 0 Å². The second-order valence-corrected chi connectivity index (χ2v) is 5.04. The number of H-pyrrole nitrogens is 1. The highest BCUT2D eigenvalue weighted by Crippen LogP contribution is 2.34. The van der Waals surface area contributed by atoms with Gasteiger partial charge in [0, 0.05) is 22.5 Å². The fourth-order valence-corrected chi connectivity index (χ4v) is 2.50. The molecular weight excluding hydrogens is 326 g/mol. The summed E-state index contributed by atoms with van der Waals surface area (Å²) in [5.74, 6) is -5.18. The standard InChI is InChI=1S/C17H11F4NO2/c1-2-24-17(23)16-15(8-3-4-10(18)11(19)5-8)9-6-12(20)13(21)7-14(9)22-16/h3-7,22H,2H2,1H3. The number of rotatable bonds is 3. The Bertz CT molecular complexity index is 949. The molecule has 0 atom stereocenters. The van der Waals surface area contributed by atoms with Crippen molar-refractivity contribution in [2.75, 3.05) is 6.61 Å². The summed E-state index contributed by atoms with van der Waals surface area (Å²) in [6.45, 7) is 1.67. The molecule has 1 N–H and O–H groups in total. The lowest BCUT2D eigenvalue weighted by Gasteiger charge is -2.06. The molecular formula is C17H11F4NO2. The third-order valence-corrected chi connectivity index (χ3v) is 3.53. The quantitative estimate of drug-likeness (QED) is 0.562. The molecule has 24 heavy (non-hydrogen) atoms. The zero-order valence-corrected chi connectivity index (χ0v) is 12.4. The van der Waals surface area contributed by atoms with Crippen LogP contribution in [0.2, 0.25) is 0 Å². The lowest BCUT2D eigenvalue weighted by Crippen LogP contribution is -2.06. The largest absolute Gasteiger partial charge is 0.461 e. The van der Waals surface area contributed by atoms with Crippen molar-refractivity contribution in [3.8, 4) is 11.1 Å². The van der Waals surface area contributed by atoms with E-state index in [2.05, 4.69) is 4.98 Å². The minimum Gasteiger partial charge on any atom is -0.461 e. The highest BCUT2D eigenvalue weighted by Gasteiger charge is 2.22. The predicted octanol–water partition coefficient (Wildman–Crippen LogP) is 4.57. The van der Waals surface area contributed by atoms with Crippen LogP contribution in [0.5, 0.6) is 0 Å². The minimum absolute atomic E-state index is 0.0775. The molecule has 0 spiro atoms. The summed E-state index contributed by atoms with van der Waals surface area (Å²) in [4.78, 5) is 14.8. The van der Waals surface area contributed by atoms with E-state index in [0.29, 0.717) is 0 Å².